The number of hydrogen-bond donors (Lipinski definition) is 0. The van der Waals surface area contributed by atoms with Crippen molar-refractivity contribution >= 4 is 21.4 Å². The molecule has 0 saturated carbocycles. The van der Waals surface area contributed by atoms with Crippen molar-refractivity contribution in [3.63, 3.8) is 0 Å². The molecule has 2 nitrogen and oxygen atoms in total. The van der Waals surface area contributed by atoms with E-state index in [9.17, 15) is 0 Å². The molecule has 0 atom stereocenters. The predicted octanol–water partition coefficient (Wildman–Crippen LogP) is 4.69. The Bertz CT molecular complexity index is 772. The molecule has 3 aromatic rings. The van der Waals surface area contributed by atoms with Crippen LogP contribution >= 0.6 is 15.9 Å². The minimum Gasteiger partial charge on any atom is -0.298 e. The lowest BCUT2D eigenvalue weighted by Crippen LogP contribution is -1.91. The van der Waals surface area contributed by atoms with Crippen LogP contribution in [0, 0.1) is 20.8 Å². The molecule has 0 radical (unpaired) electrons. The Labute approximate surface area is 121 Å². The minimum atomic E-state index is 0.890. The van der Waals surface area contributed by atoms with Gasteiger partial charge in [-0.2, -0.15) is 0 Å². The number of halogens is 1. The van der Waals surface area contributed by atoms with Gasteiger partial charge < -0.3 is 0 Å². The van der Waals surface area contributed by atoms with Crippen molar-refractivity contribution in [1.82, 2.24) is 9.38 Å². The third kappa shape index (κ3) is 2.08. The van der Waals surface area contributed by atoms with E-state index in [1.165, 1.54) is 16.7 Å². The van der Waals surface area contributed by atoms with Gasteiger partial charge in [0.2, 0.25) is 0 Å². The summed E-state index contributed by atoms with van der Waals surface area (Å²) in [7, 11) is 0. The van der Waals surface area contributed by atoms with Gasteiger partial charge in [-0.05, 0) is 65.5 Å². The fourth-order valence-electron chi connectivity index (χ4n) is 2.24. The molecule has 0 aliphatic heterocycles. The van der Waals surface area contributed by atoms with Gasteiger partial charge in [0, 0.05) is 11.8 Å². The van der Waals surface area contributed by atoms with Crippen LogP contribution in [0.4, 0.5) is 0 Å². The zero-order chi connectivity index (χ0) is 13.6. The standard InChI is InChI=1S/C16H15BrN2/c1-10-4-7-14-15(17)18-16(19(14)9-10)13-6-5-11(2)12(3)8-13/h4-9H,1-3H3. The van der Waals surface area contributed by atoms with Gasteiger partial charge in [0.05, 0.1) is 5.52 Å². The molecule has 0 spiro atoms. The van der Waals surface area contributed by atoms with Crippen LogP contribution < -0.4 is 0 Å². The second-order valence-electron chi connectivity index (χ2n) is 4.99. The first-order valence-corrected chi connectivity index (χ1v) is 7.07. The molecule has 0 unspecified atom stereocenters. The number of imidazole rings is 1. The normalized spacial score (nSPS) is 11.2. The van der Waals surface area contributed by atoms with E-state index in [0.29, 0.717) is 0 Å². The summed E-state index contributed by atoms with van der Waals surface area (Å²) < 4.78 is 3.03. The Morgan fingerprint density at radius 2 is 1.79 bits per heavy atom. The number of nitrogens with zero attached hydrogens (tertiary/aromatic N) is 2. The first-order valence-electron chi connectivity index (χ1n) is 6.28. The number of hydrogen-bond acceptors (Lipinski definition) is 1. The van der Waals surface area contributed by atoms with Gasteiger partial charge in [-0.25, -0.2) is 4.98 Å². The summed E-state index contributed by atoms with van der Waals surface area (Å²) in [5.74, 6) is 0.980. The zero-order valence-corrected chi connectivity index (χ0v) is 12.8. The second-order valence-corrected chi connectivity index (χ2v) is 5.74. The van der Waals surface area contributed by atoms with Gasteiger partial charge in [-0.1, -0.05) is 18.2 Å². The number of aromatic nitrogens is 2. The molecular formula is C16H15BrN2. The summed E-state index contributed by atoms with van der Waals surface area (Å²) in [5, 5.41) is 0. The quantitative estimate of drug-likeness (QED) is 0.637. The lowest BCUT2D eigenvalue weighted by Gasteiger charge is -2.05. The van der Waals surface area contributed by atoms with Crippen LogP contribution in [0.2, 0.25) is 0 Å². The first kappa shape index (κ1) is 12.4. The highest BCUT2D eigenvalue weighted by Crippen LogP contribution is 2.27. The number of pyridine rings is 1. The number of aryl methyl sites for hydroxylation is 3. The Hall–Kier alpha value is -1.61. The third-order valence-electron chi connectivity index (χ3n) is 3.51. The summed E-state index contributed by atoms with van der Waals surface area (Å²) in [5.41, 5.74) is 6.06. The molecule has 0 aliphatic rings. The van der Waals surface area contributed by atoms with E-state index >= 15 is 0 Å². The van der Waals surface area contributed by atoms with Crippen LogP contribution in [0.25, 0.3) is 16.9 Å². The van der Waals surface area contributed by atoms with E-state index in [0.717, 1.165) is 21.5 Å². The summed E-state index contributed by atoms with van der Waals surface area (Å²) in [6.07, 6.45) is 2.12. The van der Waals surface area contributed by atoms with Crippen LogP contribution in [-0.4, -0.2) is 9.38 Å². The van der Waals surface area contributed by atoms with Crippen molar-refractivity contribution < 1.29 is 0 Å². The molecule has 0 saturated heterocycles. The predicted molar refractivity (Wildman–Crippen MR) is 82.5 cm³/mol. The molecule has 0 N–H and O–H groups in total. The van der Waals surface area contributed by atoms with Gasteiger partial charge >= 0.3 is 0 Å². The average molecular weight is 315 g/mol. The molecular weight excluding hydrogens is 300 g/mol. The molecule has 19 heavy (non-hydrogen) atoms. The van der Waals surface area contributed by atoms with Gasteiger partial charge in [0.15, 0.2) is 0 Å². The van der Waals surface area contributed by atoms with E-state index in [1.807, 2.05) is 0 Å². The number of rotatable bonds is 1. The average Bonchev–Trinajstić information content (AvgIpc) is 2.70. The van der Waals surface area contributed by atoms with Crippen molar-refractivity contribution in [2.75, 3.05) is 0 Å². The van der Waals surface area contributed by atoms with E-state index in [2.05, 4.69) is 82.6 Å². The summed E-state index contributed by atoms with van der Waals surface area (Å²) in [4.78, 5) is 4.65. The SMILES string of the molecule is Cc1ccc2c(Br)nc(-c3ccc(C)c(C)c3)n2c1. The van der Waals surface area contributed by atoms with Crippen LogP contribution in [0.1, 0.15) is 16.7 Å². The second kappa shape index (κ2) is 4.49. The molecule has 3 rings (SSSR count). The molecule has 0 amide bonds. The topological polar surface area (TPSA) is 17.3 Å². The Morgan fingerprint density at radius 1 is 1.00 bits per heavy atom. The lowest BCUT2D eigenvalue weighted by atomic mass is 10.1. The Balaban J connectivity index is 2.29. The molecule has 3 heteroatoms. The molecule has 2 heterocycles. The molecule has 0 aliphatic carbocycles. The molecule has 96 valence electrons. The minimum absolute atomic E-state index is 0.890. The fourth-order valence-corrected chi connectivity index (χ4v) is 2.73. The Kier molecular flexibility index (Phi) is 2.94. The van der Waals surface area contributed by atoms with E-state index in [-0.39, 0.29) is 0 Å². The highest BCUT2D eigenvalue weighted by molar-refractivity contribution is 9.10. The van der Waals surface area contributed by atoms with Gasteiger partial charge in [-0.15, -0.1) is 0 Å². The van der Waals surface area contributed by atoms with Gasteiger partial charge in [0.25, 0.3) is 0 Å². The fraction of sp³-hybridized carbons (Fsp3) is 0.188. The highest BCUT2D eigenvalue weighted by Gasteiger charge is 2.11. The van der Waals surface area contributed by atoms with Crippen LogP contribution in [0.3, 0.4) is 0 Å². The molecule has 0 bridgehead atoms. The first-order chi connectivity index (χ1) is 9.06. The summed E-state index contributed by atoms with van der Waals surface area (Å²) >= 11 is 3.54. The maximum absolute atomic E-state index is 4.65. The molecule has 0 fully saturated rings. The van der Waals surface area contributed by atoms with Crippen LogP contribution in [-0.2, 0) is 0 Å². The number of fused-ring (bicyclic) bond motifs is 1. The largest absolute Gasteiger partial charge is 0.298 e. The van der Waals surface area contributed by atoms with Crippen LogP contribution in [0.5, 0.6) is 0 Å². The van der Waals surface area contributed by atoms with Crippen molar-refractivity contribution in [3.05, 3.63) is 57.8 Å². The van der Waals surface area contributed by atoms with Crippen molar-refractivity contribution in [1.29, 1.82) is 0 Å². The summed E-state index contributed by atoms with van der Waals surface area (Å²) in [6.45, 7) is 6.36. The monoisotopic (exact) mass is 314 g/mol. The zero-order valence-electron chi connectivity index (χ0n) is 11.2. The Morgan fingerprint density at radius 3 is 2.53 bits per heavy atom. The number of benzene rings is 1. The summed E-state index contributed by atoms with van der Waals surface area (Å²) in [6, 6.07) is 10.7. The highest BCUT2D eigenvalue weighted by atomic mass is 79.9. The van der Waals surface area contributed by atoms with Crippen molar-refractivity contribution in [2.24, 2.45) is 0 Å². The van der Waals surface area contributed by atoms with E-state index < -0.39 is 0 Å². The van der Waals surface area contributed by atoms with E-state index in [1.54, 1.807) is 0 Å². The van der Waals surface area contributed by atoms with Crippen molar-refractivity contribution in [2.45, 2.75) is 20.8 Å². The lowest BCUT2D eigenvalue weighted by molar-refractivity contribution is 1.14. The van der Waals surface area contributed by atoms with Gasteiger partial charge in [-0.3, -0.25) is 4.40 Å². The smallest absolute Gasteiger partial charge is 0.145 e. The maximum atomic E-state index is 4.65. The maximum Gasteiger partial charge on any atom is 0.145 e. The van der Waals surface area contributed by atoms with E-state index in [4.69, 9.17) is 0 Å². The molecule has 1 aromatic carbocycles. The van der Waals surface area contributed by atoms with Gasteiger partial charge in [0.1, 0.15) is 10.4 Å². The van der Waals surface area contributed by atoms with Crippen molar-refractivity contribution in [3.8, 4) is 11.4 Å². The van der Waals surface area contributed by atoms with Crippen LogP contribution in [0.15, 0.2) is 41.1 Å². The molecule has 2 aromatic heterocycles. The third-order valence-corrected chi connectivity index (χ3v) is 4.09.